The van der Waals surface area contributed by atoms with Crippen LogP contribution in [0.2, 0.25) is 0 Å². The van der Waals surface area contributed by atoms with Gasteiger partial charge in [-0.15, -0.1) is 11.3 Å². The zero-order valence-electron chi connectivity index (χ0n) is 15.7. The molecule has 3 rings (SSSR count). The Morgan fingerprint density at radius 3 is 2.57 bits per heavy atom. The molecular formula is C22H24N2O3S. The lowest BCUT2D eigenvalue weighted by molar-refractivity contribution is -0.148. The van der Waals surface area contributed by atoms with Gasteiger partial charge in [0.15, 0.2) is 6.61 Å². The van der Waals surface area contributed by atoms with Gasteiger partial charge in [-0.3, -0.25) is 9.59 Å². The molecule has 0 saturated carbocycles. The van der Waals surface area contributed by atoms with Gasteiger partial charge in [0.05, 0.1) is 15.2 Å². The number of aryl methyl sites for hydroxylation is 1. The molecule has 0 aliphatic carbocycles. The summed E-state index contributed by atoms with van der Waals surface area (Å²) in [6, 6.07) is 18.0. The van der Waals surface area contributed by atoms with Crippen molar-refractivity contribution in [3.8, 4) is 0 Å². The third kappa shape index (κ3) is 6.46. The van der Waals surface area contributed by atoms with E-state index in [0.717, 1.165) is 41.8 Å². The fourth-order valence-corrected chi connectivity index (χ4v) is 3.84. The number of benzene rings is 2. The largest absolute Gasteiger partial charge is 0.456 e. The summed E-state index contributed by atoms with van der Waals surface area (Å²) in [5.41, 5.74) is 2.19. The van der Waals surface area contributed by atoms with E-state index in [-0.39, 0.29) is 18.5 Å². The van der Waals surface area contributed by atoms with E-state index < -0.39 is 0 Å². The predicted molar refractivity (Wildman–Crippen MR) is 111 cm³/mol. The van der Waals surface area contributed by atoms with Crippen LogP contribution in [-0.4, -0.2) is 30.0 Å². The molecule has 0 spiro atoms. The summed E-state index contributed by atoms with van der Waals surface area (Å²) >= 11 is 1.70. The first-order valence-electron chi connectivity index (χ1n) is 9.51. The monoisotopic (exact) mass is 396 g/mol. The average Bonchev–Trinajstić information content (AvgIpc) is 3.13. The van der Waals surface area contributed by atoms with Crippen molar-refractivity contribution in [2.24, 2.45) is 0 Å². The number of ether oxygens (including phenoxy) is 1. The number of para-hydroxylation sites is 1. The SMILES string of the molecule is O=C(COC(=O)CCCCc1nc2ccccc2s1)NCCc1ccccc1. The maximum absolute atomic E-state index is 11.8. The topological polar surface area (TPSA) is 68.3 Å². The van der Waals surface area contributed by atoms with Crippen LogP contribution in [0.1, 0.15) is 29.8 Å². The van der Waals surface area contributed by atoms with Gasteiger partial charge in [0.2, 0.25) is 0 Å². The van der Waals surface area contributed by atoms with Gasteiger partial charge >= 0.3 is 5.97 Å². The Hall–Kier alpha value is -2.73. The highest BCUT2D eigenvalue weighted by Crippen LogP contribution is 2.22. The van der Waals surface area contributed by atoms with E-state index >= 15 is 0 Å². The van der Waals surface area contributed by atoms with Gasteiger partial charge in [-0.2, -0.15) is 0 Å². The molecule has 0 unspecified atom stereocenters. The first-order valence-corrected chi connectivity index (χ1v) is 10.3. The van der Waals surface area contributed by atoms with Crippen molar-refractivity contribution in [3.63, 3.8) is 0 Å². The summed E-state index contributed by atoms with van der Waals surface area (Å²) in [5.74, 6) is -0.596. The molecule has 0 radical (unpaired) electrons. The fourth-order valence-electron chi connectivity index (χ4n) is 2.83. The molecule has 1 N–H and O–H groups in total. The van der Waals surface area contributed by atoms with Crippen LogP contribution >= 0.6 is 11.3 Å². The lowest BCUT2D eigenvalue weighted by Gasteiger charge is -2.06. The first kappa shape index (κ1) is 20.0. The van der Waals surface area contributed by atoms with Crippen molar-refractivity contribution >= 4 is 33.4 Å². The number of nitrogens with zero attached hydrogens (tertiary/aromatic N) is 1. The van der Waals surface area contributed by atoms with Gasteiger partial charge in [0.25, 0.3) is 5.91 Å². The zero-order valence-corrected chi connectivity index (χ0v) is 16.5. The van der Waals surface area contributed by atoms with Crippen LogP contribution in [0, 0.1) is 0 Å². The Labute approximate surface area is 168 Å². The molecule has 0 fully saturated rings. The number of carbonyl (C=O) groups is 2. The van der Waals surface area contributed by atoms with E-state index in [2.05, 4.69) is 16.4 Å². The van der Waals surface area contributed by atoms with E-state index in [4.69, 9.17) is 4.74 Å². The number of carbonyl (C=O) groups excluding carboxylic acids is 2. The number of fused-ring (bicyclic) bond motifs is 1. The number of rotatable bonds is 10. The Morgan fingerprint density at radius 2 is 1.75 bits per heavy atom. The lowest BCUT2D eigenvalue weighted by atomic mass is 10.1. The first-order chi connectivity index (χ1) is 13.7. The highest BCUT2D eigenvalue weighted by molar-refractivity contribution is 7.18. The van der Waals surface area contributed by atoms with Crippen molar-refractivity contribution in [2.75, 3.05) is 13.2 Å². The molecule has 2 aromatic carbocycles. The third-order valence-corrected chi connectivity index (χ3v) is 5.40. The van der Waals surface area contributed by atoms with Gasteiger partial charge in [0, 0.05) is 13.0 Å². The molecule has 0 aliphatic heterocycles. The maximum Gasteiger partial charge on any atom is 0.306 e. The van der Waals surface area contributed by atoms with Crippen molar-refractivity contribution in [3.05, 3.63) is 65.2 Å². The maximum atomic E-state index is 11.8. The average molecular weight is 397 g/mol. The molecule has 1 aromatic heterocycles. The van der Waals surface area contributed by atoms with Gasteiger partial charge in [-0.1, -0.05) is 42.5 Å². The quantitative estimate of drug-likeness (QED) is 0.417. The summed E-state index contributed by atoms with van der Waals surface area (Å²) in [4.78, 5) is 28.1. The molecule has 1 amide bonds. The minimum atomic E-state index is -0.331. The van der Waals surface area contributed by atoms with E-state index in [1.165, 1.54) is 4.70 Å². The Kier molecular flexibility index (Phi) is 7.55. The summed E-state index contributed by atoms with van der Waals surface area (Å²) in [5, 5.41) is 3.86. The van der Waals surface area contributed by atoms with Gasteiger partial charge < -0.3 is 10.1 Å². The van der Waals surface area contributed by atoms with Gasteiger partial charge in [-0.25, -0.2) is 4.98 Å². The van der Waals surface area contributed by atoms with Crippen LogP contribution in [0.5, 0.6) is 0 Å². The summed E-state index contributed by atoms with van der Waals surface area (Å²) < 4.78 is 6.23. The van der Waals surface area contributed by atoms with Crippen molar-refractivity contribution in [2.45, 2.75) is 32.1 Å². The van der Waals surface area contributed by atoms with Crippen LogP contribution in [0.15, 0.2) is 54.6 Å². The lowest BCUT2D eigenvalue weighted by Crippen LogP contribution is -2.30. The van der Waals surface area contributed by atoms with Crippen LogP contribution < -0.4 is 5.32 Å². The molecular weight excluding hydrogens is 372 g/mol. The molecule has 146 valence electrons. The van der Waals surface area contributed by atoms with E-state index in [1.54, 1.807) is 11.3 Å². The second-order valence-corrected chi connectivity index (χ2v) is 7.64. The van der Waals surface area contributed by atoms with Gasteiger partial charge in [0.1, 0.15) is 0 Å². The van der Waals surface area contributed by atoms with Crippen LogP contribution in [-0.2, 0) is 27.2 Å². The third-order valence-electron chi connectivity index (χ3n) is 4.30. The second kappa shape index (κ2) is 10.6. The van der Waals surface area contributed by atoms with Gasteiger partial charge in [-0.05, 0) is 43.4 Å². The summed E-state index contributed by atoms with van der Waals surface area (Å²) in [6.07, 6.45) is 3.53. The highest BCUT2D eigenvalue weighted by atomic mass is 32.1. The minimum absolute atomic E-state index is 0.217. The molecule has 0 bridgehead atoms. The smallest absolute Gasteiger partial charge is 0.306 e. The highest BCUT2D eigenvalue weighted by Gasteiger charge is 2.08. The molecule has 3 aromatic rings. The number of unbranched alkanes of at least 4 members (excludes halogenated alkanes) is 1. The van der Waals surface area contributed by atoms with Crippen molar-refractivity contribution in [1.82, 2.24) is 10.3 Å². The second-order valence-electron chi connectivity index (χ2n) is 6.53. The summed E-state index contributed by atoms with van der Waals surface area (Å²) in [7, 11) is 0. The summed E-state index contributed by atoms with van der Waals surface area (Å²) in [6.45, 7) is 0.314. The zero-order chi connectivity index (χ0) is 19.6. The standard InChI is InChI=1S/C22H24N2O3S/c25-20(23-15-14-17-8-2-1-3-9-17)16-27-22(26)13-7-6-12-21-24-18-10-4-5-11-19(18)28-21/h1-5,8-11H,6-7,12-16H2,(H,23,25). The van der Waals surface area contributed by atoms with Crippen molar-refractivity contribution < 1.29 is 14.3 Å². The van der Waals surface area contributed by atoms with E-state index in [0.29, 0.717) is 13.0 Å². The molecule has 6 heteroatoms. The number of thiazole rings is 1. The molecule has 0 saturated heterocycles. The molecule has 28 heavy (non-hydrogen) atoms. The van der Waals surface area contributed by atoms with Crippen LogP contribution in [0.4, 0.5) is 0 Å². The predicted octanol–water partition coefficient (Wildman–Crippen LogP) is 3.91. The normalized spacial score (nSPS) is 10.7. The van der Waals surface area contributed by atoms with Crippen LogP contribution in [0.25, 0.3) is 10.2 Å². The van der Waals surface area contributed by atoms with Crippen molar-refractivity contribution in [1.29, 1.82) is 0 Å². The minimum Gasteiger partial charge on any atom is -0.456 e. The molecule has 1 heterocycles. The number of aromatic nitrogens is 1. The fraction of sp³-hybridized carbons (Fsp3) is 0.318. The Balaban J connectivity index is 1.25. The van der Waals surface area contributed by atoms with E-state index in [9.17, 15) is 9.59 Å². The molecule has 5 nitrogen and oxygen atoms in total. The van der Waals surface area contributed by atoms with Crippen LogP contribution in [0.3, 0.4) is 0 Å². The number of hydrogen-bond acceptors (Lipinski definition) is 5. The number of hydrogen-bond donors (Lipinski definition) is 1. The Morgan fingerprint density at radius 1 is 0.964 bits per heavy atom. The molecule has 0 atom stereocenters. The number of amides is 1. The van der Waals surface area contributed by atoms with E-state index in [1.807, 2.05) is 48.5 Å². The number of nitrogens with one attached hydrogen (secondary N) is 1. The number of esters is 1. The molecule has 0 aliphatic rings. The Bertz CT molecular complexity index is 875.